The molecule has 1 aliphatic rings. The summed E-state index contributed by atoms with van der Waals surface area (Å²) in [7, 11) is 0. The van der Waals surface area contributed by atoms with E-state index < -0.39 is 0 Å². The molecule has 0 spiro atoms. The van der Waals surface area contributed by atoms with Gasteiger partial charge in [-0.3, -0.25) is 4.79 Å². The van der Waals surface area contributed by atoms with Crippen LogP contribution in [-0.2, 0) is 17.6 Å². The van der Waals surface area contributed by atoms with Gasteiger partial charge in [-0.2, -0.15) is 5.10 Å². The van der Waals surface area contributed by atoms with Crippen molar-refractivity contribution in [2.75, 3.05) is 31.1 Å². The summed E-state index contributed by atoms with van der Waals surface area (Å²) in [6.07, 6.45) is 1.05. The zero-order valence-corrected chi connectivity index (χ0v) is 21.0. The van der Waals surface area contributed by atoms with E-state index in [-0.39, 0.29) is 18.1 Å². The Bertz CT molecular complexity index is 1360. The quantitative estimate of drug-likeness (QED) is 0.405. The van der Waals surface area contributed by atoms with E-state index in [9.17, 15) is 9.18 Å². The fraction of sp³-hybridized carbons (Fsp3) is 0.357. The second-order valence-electron chi connectivity index (χ2n) is 9.76. The molecule has 0 unspecified atom stereocenters. The third-order valence-corrected chi connectivity index (χ3v) is 6.52. The lowest BCUT2D eigenvalue weighted by Crippen LogP contribution is -2.49. The van der Waals surface area contributed by atoms with Crippen LogP contribution in [0.25, 0.3) is 16.7 Å². The molecular formula is C28H31FN6O. The molecule has 2 aromatic carbocycles. The van der Waals surface area contributed by atoms with Crippen LogP contribution >= 0.6 is 0 Å². The van der Waals surface area contributed by atoms with E-state index in [0.29, 0.717) is 32.1 Å². The minimum Gasteiger partial charge on any atom is -0.352 e. The van der Waals surface area contributed by atoms with Crippen LogP contribution in [0.1, 0.15) is 30.9 Å². The number of aromatic nitrogens is 4. The molecule has 36 heavy (non-hydrogen) atoms. The highest BCUT2D eigenvalue weighted by atomic mass is 19.1. The second kappa shape index (κ2) is 10.0. The molecule has 1 aliphatic heterocycles. The third-order valence-electron chi connectivity index (χ3n) is 6.52. The van der Waals surface area contributed by atoms with Crippen LogP contribution < -0.4 is 4.90 Å². The van der Waals surface area contributed by atoms with Gasteiger partial charge in [0.25, 0.3) is 0 Å². The van der Waals surface area contributed by atoms with Gasteiger partial charge in [0.05, 0.1) is 23.2 Å². The van der Waals surface area contributed by atoms with Crippen molar-refractivity contribution >= 4 is 22.8 Å². The maximum Gasteiger partial charge on any atom is 0.227 e. The number of hydrogen-bond acceptors (Lipinski definition) is 5. The number of hydrogen-bond donors (Lipinski definition) is 0. The van der Waals surface area contributed by atoms with Gasteiger partial charge >= 0.3 is 0 Å². The number of carbonyl (C=O) groups is 1. The van der Waals surface area contributed by atoms with E-state index in [1.165, 1.54) is 12.1 Å². The summed E-state index contributed by atoms with van der Waals surface area (Å²) in [6.45, 7) is 8.90. The number of nitrogens with zero attached hydrogens (tertiary/aromatic N) is 6. The molecule has 2 aromatic heterocycles. The summed E-state index contributed by atoms with van der Waals surface area (Å²) in [4.78, 5) is 26.9. The van der Waals surface area contributed by atoms with Crippen molar-refractivity contribution in [1.82, 2.24) is 24.6 Å². The third kappa shape index (κ3) is 4.94. The van der Waals surface area contributed by atoms with Gasteiger partial charge in [0, 0.05) is 32.6 Å². The van der Waals surface area contributed by atoms with E-state index in [0.717, 1.165) is 46.0 Å². The molecule has 1 amide bonds. The van der Waals surface area contributed by atoms with Crippen LogP contribution in [0.3, 0.4) is 0 Å². The highest BCUT2D eigenvalue weighted by Gasteiger charge is 2.26. The molecule has 5 rings (SSSR count). The Morgan fingerprint density at radius 1 is 0.972 bits per heavy atom. The Balaban J connectivity index is 1.41. The first-order valence-electron chi connectivity index (χ1n) is 12.5. The van der Waals surface area contributed by atoms with Gasteiger partial charge in [-0.15, -0.1) is 0 Å². The highest BCUT2D eigenvalue weighted by Crippen LogP contribution is 2.30. The molecule has 1 fully saturated rings. The number of rotatable bonds is 6. The Kier molecular flexibility index (Phi) is 6.67. The Morgan fingerprint density at radius 3 is 2.33 bits per heavy atom. The maximum atomic E-state index is 13.2. The number of carbonyl (C=O) groups excluding carboxylic acids is 1. The number of anilines is 1. The zero-order chi connectivity index (χ0) is 25.2. The number of aryl methyl sites for hydroxylation is 1. The lowest BCUT2D eigenvalue weighted by Gasteiger charge is -2.36. The number of benzene rings is 2. The smallest absolute Gasteiger partial charge is 0.227 e. The van der Waals surface area contributed by atoms with Gasteiger partial charge in [0.2, 0.25) is 5.91 Å². The zero-order valence-electron chi connectivity index (χ0n) is 21.0. The first kappa shape index (κ1) is 23.9. The SMILES string of the molecule is Cc1nn(-c2ccccc2)c2nc(CC(C)C)nc(N3CCN(C(=O)Cc4ccc(F)cc4)CC3)c12. The Morgan fingerprint density at radius 2 is 1.67 bits per heavy atom. The molecule has 0 N–H and O–H groups in total. The molecule has 4 aromatic rings. The fourth-order valence-electron chi connectivity index (χ4n) is 4.70. The Hall–Kier alpha value is -3.81. The lowest BCUT2D eigenvalue weighted by atomic mass is 10.1. The standard InChI is InChI=1S/C28H31FN6O/c1-19(2)17-24-30-27(26-20(3)32-35(28(26)31-24)23-7-5-4-6-8-23)34-15-13-33(14-16-34)25(36)18-21-9-11-22(29)12-10-21/h4-12,19H,13-18H2,1-3H3. The topological polar surface area (TPSA) is 67.2 Å². The summed E-state index contributed by atoms with van der Waals surface area (Å²) < 4.78 is 15.1. The van der Waals surface area contributed by atoms with Crippen LogP contribution in [0, 0.1) is 18.7 Å². The molecule has 0 bridgehead atoms. The summed E-state index contributed by atoms with van der Waals surface area (Å²) >= 11 is 0. The first-order valence-corrected chi connectivity index (χ1v) is 12.5. The minimum absolute atomic E-state index is 0.0580. The van der Waals surface area contributed by atoms with Gasteiger partial charge in [0.1, 0.15) is 17.5 Å². The molecule has 0 radical (unpaired) electrons. The number of piperazine rings is 1. The Labute approximate surface area is 210 Å². The van der Waals surface area contributed by atoms with E-state index in [1.807, 2.05) is 46.8 Å². The van der Waals surface area contributed by atoms with E-state index in [1.54, 1.807) is 12.1 Å². The number of para-hydroxylation sites is 1. The maximum absolute atomic E-state index is 13.2. The summed E-state index contributed by atoms with van der Waals surface area (Å²) in [5.74, 6) is 1.88. The van der Waals surface area contributed by atoms with E-state index in [4.69, 9.17) is 15.1 Å². The number of amides is 1. The van der Waals surface area contributed by atoms with Gasteiger partial charge < -0.3 is 9.80 Å². The fourth-order valence-corrected chi connectivity index (χ4v) is 4.70. The van der Waals surface area contributed by atoms with Crippen molar-refractivity contribution in [1.29, 1.82) is 0 Å². The molecule has 7 nitrogen and oxygen atoms in total. The monoisotopic (exact) mass is 486 g/mol. The van der Waals surface area contributed by atoms with Crippen LogP contribution in [0.2, 0.25) is 0 Å². The second-order valence-corrected chi connectivity index (χ2v) is 9.76. The summed E-state index contributed by atoms with van der Waals surface area (Å²) in [5, 5.41) is 5.78. The normalized spacial score (nSPS) is 14.1. The van der Waals surface area contributed by atoms with E-state index in [2.05, 4.69) is 18.7 Å². The molecule has 8 heteroatoms. The van der Waals surface area contributed by atoms with Gasteiger partial charge in [-0.25, -0.2) is 19.0 Å². The molecule has 186 valence electrons. The average Bonchev–Trinajstić information content (AvgIpc) is 3.21. The molecular weight excluding hydrogens is 455 g/mol. The van der Waals surface area contributed by atoms with Gasteiger partial charge in [-0.05, 0) is 42.7 Å². The lowest BCUT2D eigenvalue weighted by molar-refractivity contribution is -0.130. The van der Waals surface area contributed by atoms with Crippen molar-refractivity contribution in [2.45, 2.75) is 33.6 Å². The molecule has 0 atom stereocenters. The summed E-state index contributed by atoms with van der Waals surface area (Å²) in [5.41, 5.74) is 3.49. The molecule has 0 saturated carbocycles. The van der Waals surface area contributed by atoms with Gasteiger partial charge in [-0.1, -0.05) is 44.2 Å². The van der Waals surface area contributed by atoms with E-state index >= 15 is 0 Å². The highest BCUT2D eigenvalue weighted by molar-refractivity contribution is 5.91. The van der Waals surface area contributed by atoms with Crippen LogP contribution in [0.15, 0.2) is 54.6 Å². The van der Waals surface area contributed by atoms with Crippen molar-refractivity contribution in [3.8, 4) is 5.69 Å². The largest absolute Gasteiger partial charge is 0.352 e. The van der Waals surface area contributed by atoms with Crippen molar-refractivity contribution < 1.29 is 9.18 Å². The van der Waals surface area contributed by atoms with Gasteiger partial charge in [0.15, 0.2) is 5.65 Å². The molecule has 3 heterocycles. The number of halogens is 1. The van der Waals surface area contributed by atoms with Crippen molar-refractivity contribution in [3.05, 3.63) is 77.5 Å². The first-order chi connectivity index (χ1) is 17.4. The number of fused-ring (bicyclic) bond motifs is 1. The average molecular weight is 487 g/mol. The molecule has 1 saturated heterocycles. The van der Waals surface area contributed by atoms with Crippen molar-refractivity contribution in [3.63, 3.8) is 0 Å². The molecule has 0 aliphatic carbocycles. The van der Waals surface area contributed by atoms with Crippen LogP contribution in [-0.4, -0.2) is 56.7 Å². The van der Waals surface area contributed by atoms with Crippen LogP contribution in [0.4, 0.5) is 10.2 Å². The van der Waals surface area contributed by atoms with Crippen molar-refractivity contribution in [2.24, 2.45) is 5.92 Å². The minimum atomic E-state index is -0.293. The predicted octanol–water partition coefficient (Wildman–Crippen LogP) is 4.35. The van der Waals surface area contributed by atoms with Crippen LogP contribution in [0.5, 0.6) is 0 Å². The summed E-state index contributed by atoms with van der Waals surface area (Å²) in [6, 6.07) is 16.2. The predicted molar refractivity (Wildman–Crippen MR) is 139 cm³/mol.